The number of nitrogens with zero attached hydrogens (tertiary/aromatic N) is 4. The van der Waals surface area contributed by atoms with Crippen LogP contribution in [0.5, 0.6) is 0 Å². The molecular weight excluding hydrogens is 385 g/mol. The Kier molecular flexibility index (Phi) is 8.07. The SMILES string of the molecule is CCCc1nc(C(=O)N2CCC(CNC)CC2)nn1-c1ccccc1Cl.Cl. The lowest BCUT2D eigenvalue weighted by molar-refractivity contribution is 0.0678. The fourth-order valence-corrected chi connectivity index (χ4v) is 3.62. The molecule has 0 radical (unpaired) electrons. The van der Waals surface area contributed by atoms with Gasteiger partial charge in [0.2, 0.25) is 5.82 Å². The molecule has 1 aliphatic rings. The summed E-state index contributed by atoms with van der Waals surface area (Å²) in [6.07, 6.45) is 3.70. The van der Waals surface area contributed by atoms with E-state index in [0.717, 1.165) is 56.8 Å². The van der Waals surface area contributed by atoms with E-state index in [1.807, 2.05) is 36.2 Å². The molecule has 2 heterocycles. The van der Waals surface area contributed by atoms with Crippen LogP contribution >= 0.6 is 24.0 Å². The predicted octanol–water partition coefficient (Wildman–Crippen LogP) is 3.37. The fraction of sp³-hybridized carbons (Fsp3) is 0.526. The number of carbonyl (C=O) groups is 1. The van der Waals surface area contributed by atoms with Crippen LogP contribution in [0.1, 0.15) is 42.6 Å². The summed E-state index contributed by atoms with van der Waals surface area (Å²) in [4.78, 5) is 19.3. The van der Waals surface area contributed by atoms with E-state index in [-0.39, 0.29) is 24.1 Å². The van der Waals surface area contributed by atoms with E-state index in [2.05, 4.69) is 22.3 Å². The maximum Gasteiger partial charge on any atom is 0.293 e. The highest BCUT2D eigenvalue weighted by Crippen LogP contribution is 2.22. The lowest BCUT2D eigenvalue weighted by Crippen LogP contribution is -2.40. The molecule has 1 fully saturated rings. The molecule has 6 nitrogen and oxygen atoms in total. The Balaban J connectivity index is 0.00000261. The molecule has 3 rings (SSSR count). The van der Waals surface area contributed by atoms with Gasteiger partial charge in [0.1, 0.15) is 5.82 Å². The van der Waals surface area contributed by atoms with Gasteiger partial charge < -0.3 is 10.2 Å². The van der Waals surface area contributed by atoms with Gasteiger partial charge in [0.05, 0.1) is 10.7 Å². The maximum absolute atomic E-state index is 12.9. The Morgan fingerprint density at radius 2 is 2.00 bits per heavy atom. The van der Waals surface area contributed by atoms with Crippen molar-refractivity contribution in [3.8, 4) is 5.69 Å². The van der Waals surface area contributed by atoms with Gasteiger partial charge in [-0.05, 0) is 50.9 Å². The Morgan fingerprint density at radius 3 is 2.63 bits per heavy atom. The summed E-state index contributed by atoms with van der Waals surface area (Å²) in [6.45, 7) is 4.60. The van der Waals surface area contributed by atoms with Gasteiger partial charge in [-0.25, -0.2) is 9.67 Å². The Labute approximate surface area is 171 Å². The standard InChI is InChI=1S/C19H26ClN5O.ClH/c1-3-6-17-22-18(23-25(17)16-8-5-4-7-15(16)20)19(26)24-11-9-14(10-12-24)13-21-2;/h4-5,7-8,14,21H,3,6,9-13H2,1-2H3;1H. The van der Waals surface area contributed by atoms with Crippen molar-refractivity contribution < 1.29 is 4.79 Å². The molecule has 1 amide bonds. The first-order valence-corrected chi connectivity index (χ1v) is 9.66. The minimum absolute atomic E-state index is 0. The van der Waals surface area contributed by atoms with E-state index in [1.165, 1.54) is 0 Å². The third kappa shape index (κ3) is 5.00. The predicted molar refractivity (Wildman–Crippen MR) is 110 cm³/mol. The normalized spacial score (nSPS) is 14.9. The summed E-state index contributed by atoms with van der Waals surface area (Å²) in [7, 11) is 1.97. The Bertz CT molecular complexity index is 756. The topological polar surface area (TPSA) is 63.1 Å². The molecule has 0 aliphatic carbocycles. The lowest BCUT2D eigenvalue weighted by atomic mass is 9.97. The van der Waals surface area contributed by atoms with Crippen molar-refractivity contribution in [2.45, 2.75) is 32.6 Å². The number of aromatic nitrogens is 3. The van der Waals surface area contributed by atoms with E-state index in [1.54, 1.807) is 4.68 Å². The second-order valence-corrected chi connectivity index (χ2v) is 7.17. The van der Waals surface area contributed by atoms with Crippen LogP contribution in [0.4, 0.5) is 0 Å². The van der Waals surface area contributed by atoms with Gasteiger partial charge in [-0.15, -0.1) is 17.5 Å². The highest BCUT2D eigenvalue weighted by atomic mass is 35.5. The van der Waals surface area contributed by atoms with Gasteiger partial charge in [-0.2, -0.15) is 0 Å². The van der Waals surface area contributed by atoms with Crippen LogP contribution in [0.15, 0.2) is 24.3 Å². The average molecular weight is 412 g/mol. The van der Waals surface area contributed by atoms with Gasteiger partial charge in [-0.3, -0.25) is 4.79 Å². The molecule has 0 bridgehead atoms. The molecular formula is C19H27Cl2N5O. The van der Waals surface area contributed by atoms with Crippen LogP contribution in [0.25, 0.3) is 5.69 Å². The highest BCUT2D eigenvalue weighted by Gasteiger charge is 2.27. The summed E-state index contributed by atoms with van der Waals surface area (Å²) >= 11 is 6.32. The zero-order valence-electron chi connectivity index (χ0n) is 15.8. The highest BCUT2D eigenvalue weighted by molar-refractivity contribution is 6.32. The Hall–Kier alpha value is -1.63. The number of hydrogen-bond acceptors (Lipinski definition) is 4. The maximum atomic E-state index is 12.9. The number of para-hydroxylation sites is 1. The van der Waals surface area contributed by atoms with Crippen LogP contribution in [-0.4, -0.2) is 52.3 Å². The van der Waals surface area contributed by atoms with E-state index >= 15 is 0 Å². The van der Waals surface area contributed by atoms with Gasteiger partial charge in [0, 0.05) is 19.5 Å². The molecule has 1 aromatic carbocycles. The number of amides is 1. The molecule has 1 aliphatic heterocycles. The third-order valence-electron chi connectivity index (χ3n) is 4.81. The first-order chi connectivity index (χ1) is 12.6. The molecule has 2 aromatic rings. The van der Waals surface area contributed by atoms with E-state index in [4.69, 9.17) is 11.6 Å². The molecule has 148 valence electrons. The number of benzene rings is 1. The molecule has 0 saturated carbocycles. The van der Waals surface area contributed by atoms with Crippen molar-refractivity contribution in [3.63, 3.8) is 0 Å². The summed E-state index contributed by atoms with van der Waals surface area (Å²) in [5.74, 6) is 1.58. The second kappa shape index (κ2) is 10.1. The molecule has 1 N–H and O–H groups in total. The zero-order chi connectivity index (χ0) is 18.5. The van der Waals surface area contributed by atoms with E-state index in [0.29, 0.717) is 10.9 Å². The summed E-state index contributed by atoms with van der Waals surface area (Å²) in [5.41, 5.74) is 0.761. The molecule has 1 saturated heterocycles. The van der Waals surface area contributed by atoms with Crippen molar-refractivity contribution in [3.05, 3.63) is 40.9 Å². The number of rotatable bonds is 6. The third-order valence-corrected chi connectivity index (χ3v) is 5.13. The first-order valence-electron chi connectivity index (χ1n) is 9.28. The second-order valence-electron chi connectivity index (χ2n) is 6.76. The zero-order valence-corrected chi connectivity index (χ0v) is 17.4. The van der Waals surface area contributed by atoms with Crippen LogP contribution in [-0.2, 0) is 6.42 Å². The minimum atomic E-state index is -0.0870. The molecule has 8 heteroatoms. The van der Waals surface area contributed by atoms with Crippen molar-refractivity contribution >= 4 is 29.9 Å². The minimum Gasteiger partial charge on any atom is -0.336 e. The van der Waals surface area contributed by atoms with E-state index < -0.39 is 0 Å². The smallest absolute Gasteiger partial charge is 0.293 e. The van der Waals surface area contributed by atoms with Crippen LogP contribution in [0, 0.1) is 5.92 Å². The van der Waals surface area contributed by atoms with Crippen molar-refractivity contribution in [1.29, 1.82) is 0 Å². The first kappa shape index (κ1) is 21.7. The largest absolute Gasteiger partial charge is 0.336 e. The summed E-state index contributed by atoms with van der Waals surface area (Å²) in [6, 6.07) is 7.51. The van der Waals surface area contributed by atoms with Gasteiger partial charge in [0.15, 0.2) is 0 Å². The number of hydrogen-bond donors (Lipinski definition) is 1. The molecule has 0 atom stereocenters. The number of halogens is 2. The molecule has 0 unspecified atom stereocenters. The van der Waals surface area contributed by atoms with Crippen molar-refractivity contribution in [2.24, 2.45) is 5.92 Å². The van der Waals surface area contributed by atoms with Crippen molar-refractivity contribution in [2.75, 3.05) is 26.7 Å². The number of likely N-dealkylation sites (tertiary alicyclic amines) is 1. The fourth-order valence-electron chi connectivity index (χ4n) is 3.41. The van der Waals surface area contributed by atoms with Gasteiger partial charge >= 0.3 is 0 Å². The Morgan fingerprint density at radius 1 is 1.30 bits per heavy atom. The monoisotopic (exact) mass is 411 g/mol. The molecule has 27 heavy (non-hydrogen) atoms. The quantitative estimate of drug-likeness (QED) is 0.791. The average Bonchev–Trinajstić information content (AvgIpc) is 3.06. The molecule has 1 aromatic heterocycles. The van der Waals surface area contributed by atoms with E-state index in [9.17, 15) is 4.79 Å². The van der Waals surface area contributed by atoms with Gasteiger partial charge in [-0.1, -0.05) is 30.7 Å². The summed E-state index contributed by atoms with van der Waals surface area (Å²) in [5, 5.41) is 8.32. The van der Waals surface area contributed by atoms with Crippen LogP contribution < -0.4 is 5.32 Å². The van der Waals surface area contributed by atoms with Crippen LogP contribution in [0.3, 0.4) is 0 Å². The molecule has 0 spiro atoms. The number of aryl methyl sites for hydroxylation is 1. The van der Waals surface area contributed by atoms with Crippen molar-refractivity contribution in [1.82, 2.24) is 25.0 Å². The number of carbonyl (C=O) groups excluding carboxylic acids is 1. The van der Waals surface area contributed by atoms with Gasteiger partial charge in [0.25, 0.3) is 5.91 Å². The number of nitrogens with one attached hydrogen (secondary N) is 1. The summed E-state index contributed by atoms with van der Waals surface area (Å²) < 4.78 is 1.72. The van der Waals surface area contributed by atoms with Crippen LogP contribution in [0.2, 0.25) is 5.02 Å². The lowest BCUT2D eigenvalue weighted by Gasteiger charge is -2.31. The number of piperidine rings is 1.